The summed E-state index contributed by atoms with van der Waals surface area (Å²) in [6.07, 6.45) is 6.28. The van der Waals surface area contributed by atoms with Gasteiger partial charge in [0.15, 0.2) is 0 Å². The molecule has 0 spiro atoms. The van der Waals surface area contributed by atoms with Crippen LogP contribution in [0.4, 0.5) is 0 Å². The summed E-state index contributed by atoms with van der Waals surface area (Å²) in [5.41, 5.74) is 2.44. The van der Waals surface area contributed by atoms with Crippen molar-refractivity contribution in [3.05, 3.63) is 35.4 Å². The molecule has 23 heavy (non-hydrogen) atoms. The molecule has 1 aromatic carbocycles. The summed E-state index contributed by atoms with van der Waals surface area (Å²) in [5, 5.41) is 0. The molecular formula is C21H34O2. The van der Waals surface area contributed by atoms with Gasteiger partial charge in [0.2, 0.25) is 0 Å². The van der Waals surface area contributed by atoms with Gasteiger partial charge in [0, 0.05) is 0 Å². The molecule has 0 saturated carbocycles. The predicted molar refractivity (Wildman–Crippen MR) is 97.3 cm³/mol. The van der Waals surface area contributed by atoms with Crippen molar-refractivity contribution in [3.8, 4) is 0 Å². The van der Waals surface area contributed by atoms with E-state index >= 15 is 0 Å². The molecule has 0 radical (unpaired) electrons. The molecule has 0 amide bonds. The normalized spacial score (nSPS) is 12.3. The summed E-state index contributed by atoms with van der Waals surface area (Å²) in [5.74, 6) is -0.152. The summed E-state index contributed by atoms with van der Waals surface area (Å²) in [6.45, 7) is 12.9. The van der Waals surface area contributed by atoms with E-state index in [1.165, 1.54) is 31.2 Å². The van der Waals surface area contributed by atoms with Crippen LogP contribution >= 0.6 is 0 Å². The molecule has 0 saturated heterocycles. The maximum absolute atomic E-state index is 11.8. The number of esters is 1. The van der Waals surface area contributed by atoms with Gasteiger partial charge in [-0.2, -0.15) is 0 Å². The van der Waals surface area contributed by atoms with E-state index in [9.17, 15) is 4.79 Å². The first-order valence-electron chi connectivity index (χ1n) is 8.83. The Hall–Kier alpha value is -1.31. The highest BCUT2D eigenvalue weighted by atomic mass is 16.5. The molecule has 0 fully saturated rings. The van der Waals surface area contributed by atoms with Crippen LogP contribution in [-0.2, 0) is 22.6 Å². The topological polar surface area (TPSA) is 26.3 Å². The molecule has 0 bridgehead atoms. The van der Waals surface area contributed by atoms with Gasteiger partial charge in [0.1, 0.15) is 6.61 Å². The first-order valence-corrected chi connectivity index (χ1v) is 8.83. The summed E-state index contributed by atoms with van der Waals surface area (Å²) in [7, 11) is 0. The number of aryl methyl sites for hydroxylation is 1. The van der Waals surface area contributed by atoms with E-state index in [0.29, 0.717) is 12.0 Å². The van der Waals surface area contributed by atoms with E-state index in [1.54, 1.807) is 0 Å². The maximum Gasteiger partial charge on any atom is 0.311 e. The van der Waals surface area contributed by atoms with Crippen molar-refractivity contribution in [1.82, 2.24) is 0 Å². The van der Waals surface area contributed by atoms with E-state index in [2.05, 4.69) is 45.0 Å². The van der Waals surface area contributed by atoms with Gasteiger partial charge in [0.25, 0.3) is 0 Å². The first kappa shape index (κ1) is 19.7. The van der Waals surface area contributed by atoms with Gasteiger partial charge in [-0.25, -0.2) is 0 Å². The Labute approximate surface area is 142 Å². The molecule has 0 aliphatic rings. The Kier molecular flexibility index (Phi) is 7.31. The summed E-state index contributed by atoms with van der Waals surface area (Å²) in [6, 6.07) is 8.45. The number of hydrogen-bond donors (Lipinski definition) is 0. The molecule has 0 aliphatic carbocycles. The smallest absolute Gasteiger partial charge is 0.311 e. The highest BCUT2D eigenvalue weighted by Crippen LogP contribution is 2.22. The second-order valence-corrected chi connectivity index (χ2v) is 8.76. The third-order valence-electron chi connectivity index (χ3n) is 3.90. The molecular weight excluding hydrogens is 284 g/mol. The Morgan fingerprint density at radius 1 is 0.870 bits per heavy atom. The number of hydrogen-bond acceptors (Lipinski definition) is 2. The average Bonchev–Trinajstić information content (AvgIpc) is 2.43. The van der Waals surface area contributed by atoms with Crippen molar-refractivity contribution in [1.29, 1.82) is 0 Å². The molecule has 2 nitrogen and oxygen atoms in total. The minimum Gasteiger partial charge on any atom is -0.460 e. The fourth-order valence-corrected chi connectivity index (χ4v) is 2.33. The van der Waals surface area contributed by atoms with Crippen molar-refractivity contribution in [3.63, 3.8) is 0 Å². The van der Waals surface area contributed by atoms with Crippen LogP contribution in [0, 0.1) is 10.8 Å². The Bertz CT molecular complexity index is 472. The lowest BCUT2D eigenvalue weighted by atomic mass is 9.89. The standard InChI is InChI=1S/C21H34O2/c1-20(2,3)15-9-7-8-10-17-11-13-18(14-12-17)16-23-19(22)21(4,5)6/h11-14H,7-10,15-16H2,1-6H3. The van der Waals surface area contributed by atoms with Crippen molar-refractivity contribution < 1.29 is 9.53 Å². The van der Waals surface area contributed by atoms with Crippen molar-refractivity contribution in [2.45, 2.75) is 80.3 Å². The van der Waals surface area contributed by atoms with Crippen LogP contribution in [0.2, 0.25) is 0 Å². The zero-order chi connectivity index (χ0) is 17.5. The van der Waals surface area contributed by atoms with Crippen LogP contribution in [0.25, 0.3) is 0 Å². The van der Waals surface area contributed by atoms with Crippen molar-refractivity contribution in [2.75, 3.05) is 0 Å². The number of carbonyl (C=O) groups excluding carboxylic acids is 1. The van der Waals surface area contributed by atoms with Gasteiger partial charge in [-0.05, 0) is 56.6 Å². The van der Waals surface area contributed by atoms with Crippen LogP contribution in [-0.4, -0.2) is 5.97 Å². The average molecular weight is 319 g/mol. The molecule has 1 rings (SSSR count). The second-order valence-electron chi connectivity index (χ2n) is 8.76. The minimum atomic E-state index is -0.438. The minimum absolute atomic E-state index is 0.152. The van der Waals surface area contributed by atoms with E-state index in [-0.39, 0.29) is 5.97 Å². The third kappa shape index (κ3) is 8.78. The number of unbranched alkanes of at least 4 members (excludes halogenated alkanes) is 2. The van der Waals surface area contributed by atoms with E-state index < -0.39 is 5.41 Å². The monoisotopic (exact) mass is 318 g/mol. The van der Waals surface area contributed by atoms with Crippen LogP contribution in [0.5, 0.6) is 0 Å². The molecule has 0 N–H and O–H groups in total. The van der Waals surface area contributed by atoms with Gasteiger partial charge in [0.05, 0.1) is 5.41 Å². The van der Waals surface area contributed by atoms with Gasteiger partial charge in [-0.1, -0.05) is 57.9 Å². The predicted octanol–water partition coefficient (Wildman–Crippen LogP) is 5.92. The van der Waals surface area contributed by atoms with E-state index in [4.69, 9.17) is 4.74 Å². The molecule has 0 aromatic heterocycles. The molecule has 2 heteroatoms. The number of ether oxygens (including phenoxy) is 1. The molecule has 0 aliphatic heterocycles. The second kappa shape index (κ2) is 8.52. The molecule has 1 aromatic rings. The lowest BCUT2D eigenvalue weighted by molar-refractivity contribution is -0.154. The summed E-state index contributed by atoms with van der Waals surface area (Å²) < 4.78 is 5.34. The molecule has 0 heterocycles. The highest BCUT2D eigenvalue weighted by molar-refractivity contribution is 5.75. The maximum atomic E-state index is 11.8. The zero-order valence-corrected chi connectivity index (χ0v) is 15.9. The summed E-state index contributed by atoms with van der Waals surface area (Å²) >= 11 is 0. The van der Waals surface area contributed by atoms with Crippen LogP contribution in [0.3, 0.4) is 0 Å². The zero-order valence-electron chi connectivity index (χ0n) is 15.9. The largest absolute Gasteiger partial charge is 0.460 e. The SMILES string of the molecule is CC(C)(C)CCCCCc1ccc(COC(=O)C(C)(C)C)cc1. The number of carbonyl (C=O) groups is 1. The van der Waals surface area contributed by atoms with Gasteiger partial charge in [-0.15, -0.1) is 0 Å². The van der Waals surface area contributed by atoms with Crippen molar-refractivity contribution >= 4 is 5.97 Å². The highest BCUT2D eigenvalue weighted by Gasteiger charge is 2.22. The Morgan fingerprint density at radius 2 is 1.43 bits per heavy atom. The quantitative estimate of drug-likeness (QED) is 0.460. The van der Waals surface area contributed by atoms with Gasteiger partial charge < -0.3 is 4.74 Å². The fraction of sp³-hybridized carbons (Fsp3) is 0.667. The van der Waals surface area contributed by atoms with Gasteiger partial charge in [-0.3, -0.25) is 4.79 Å². The number of rotatable bonds is 7. The first-order chi connectivity index (χ1) is 10.6. The van der Waals surface area contributed by atoms with E-state index in [1.807, 2.05) is 20.8 Å². The van der Waals surface area contributed by atoms with Crippen molar-refractivity contribution in [2.24, 2.45) is 10.8 Å². The third-order valence-corrected chi connectivity index (χ3v) is 3.90. The lowest BCUT2D eigenvalue weighted by Gasteiger charge is -2.17. The fourth-order valence-electron chi connectivity index (χ4n) is 2.33. The van der Waals surface area contributed by atoms with Crippen LogP contribution in [0.1, 0.15) is 78.4 Å². The summed E-state index contributed by atoms with van der Waals surface area (Å²) in [4.78, 5) is 11.8. The molecule has 0 atom stereocenters. The molecule has 0 unspecified atom stereocenters. The van der Waals surface area contributed by atoms with Crippen LogP contribution < -0.4 is 0 Å². The van der Waals surface area contributed by atoms with E-state index in [0.717, 1.165) is 12.0 Å². The van der Waals surface area contributed by atoms with Gasteiger partial charge >= 0.3 is 5.97 Å². The number of benzene rings is 1. The molecule has 130 valence electrons. The Morgan fingerprint density at radius 3 is 1.96 bits per heavy atom. The lowest BCUT2D eigenvalue weighted by Crippen LogP contribution is -2.22. The Balaban J connectivity index is 2.30. The van der Waals surface area contributed by atoms with Crippen LogP contribution in [0.15, 0.2) is 24.3 Å².